The Hall–Kier alpha value is -10.4. The first-order valence-electron chi connectivity index (χ1n) is 50.0. The highest BCUT2D eigenvalue weighted by atomic mass is 14.5. The zero-order chi connectivity index (χ0) is 87.6. The van der Waals surface area contributed by atoms with E-state index < -0.39 is 0 Å². The molecule has 7 aliphatic carbocycles. The molecule has 0 atom stereocenters. The molecule has 0 fully saturated rings. The van der Waals surface area contributed by atoms with Gasteiger partial charge in [0.2, 0.25) is 0 Å². The normalized spacial score (nSPS) is 16.3. The molecule has 127 heavy (non-hydrogen) atoms. The van der Waals surface area contributed by atoms with Crippen LogP contribution < -0.4 is 0 Å². The zero-order valence-corrected chi connectivity index (χ0v) is 79.4. The van der Waals surface area contributed by atoms with Crippen LogP contribution in [0.1, 0.15) is 341 Å². The maximum Gasteiger partial charge on any atom is 0.0215 e. The fraction of sp³-hybridized carbons (Fsp3) is 0.370. The standard InChI is InChI=1S/C127H134/c1-17-21-25-29-31-39-63-127(64-40-32-30-26-22-18-2)115-77-103-113(125(13,14)117-73-99(87-43-35-37-45-97(87)119(103)117)85-53-61-95-93-59-51-83(69-109(93)123(9,10)111(95)71-85)81-49-57-91-89-55-47-79(41-33-27-23-19-3)65-105(89)121(5,6)107(91)67-81)75-101(115)102-76-114-104(78-116(102)127)120-98-46-38-36-44-88(98)100(74-118(120)126(114,15)16)86-54-62-96-94-60-52-84(70-110(94)124(11,12)112(96)72-86)82-50-58-92-90-56-48-80(42-34-28-24-20-4)66-106(90)122(7,8)108(92)68-82/h35-38,43-62,65-78H,17-34,39-42,63-64H2,1-16H3. The van der Waals surface area contributed by atoms with Crippen LogP contribution in [-0.4, -0.2) is 0 Å². The molecule has 0 aliphatic heterocycles. The van der Waals surface area contributed by atoms with Crippen LogP contribution in [0.15, 0.2) is 231 Å². The van der Waals surface area contributed by atoms with Crippen molar-refractivity contribution < 1.29 is 0 Å². The third kappa shape index (κ3) is 13.1. The van der Waals surface area contributed by atoms with E-state index in [4.69, 9.17) is 0 Å². The molecule has 14 aromatic rings. The second-order valence-electron chi connectivity index (χ2n) is 43.5. The summed E-state index contributed by atoms with van der Waals surface area (Å²) < 4.78 is 0. The molecule has 0 saturated carbocycles. The van der Waals surface area contributed by atoms with Crippen molar-refractivity contribution in [3.63, 3.8) is 0 Å². The molecule has 7 aliphatic rings. The van der Waals surface area contributed by atoms with E-state index in [1.54, 1.807) is 11.1 Å². The highest BCUT2D eigenvalue weighted by Gasteiger charge is 2.50. The van der Waals surface area contributed by atoms with Crippen molar-refractivity contribution in [2.75, 3.05) is 0 Å². The van der Waals surface area contributed by atoms with Gasteiger partial charge in [0.15, 0.2) is 0 Å². The molecule has 0 nitrogen and oxygen atoms in total. The summed E-state index contributed by atoms with van der Waals surface area (Å²) in [5.74, 6) is 0. The van der Waals surface area contributed by atoms with Crippen molar-refractivity contribution in [3.8, 4) is 122 Å². The largest absolute Gasteiger partial charge is 0.0654 e. The lowest BCUT2D eigenvalue weighted by Gasteiger charge is -2.34. The number of aryl methyl sites for hydroxylation is 2. The fourth-order valence-electron chi connectivity index (χ4n) is 26.1. The minimum absolute atomic E-state index is 0.0694. The maximum atomic E-state index is 2.83. The second kappa shape index (κ2) is 31.5. The van der Waals surface area contributed by atoms with Gasteiger partial charge in [-0.3, -0.25) is 0 Å². The first kappa shape index (κ1) is 83.5. The summed E-state index contributed by atoms with van der Waals surface area (Å²) in [4.78, 5) is 0. The SMILES string of the molecule is CCCCCCCCC1(CCCCCCCC)c2cc3c(cc2-c2cc4c(cc21)-c1c(cc(-c2ccc5c(c2)C(C)(C)c2cc(-c6ccc7c(c6)C(C)(C)c6cc(CCCCCC)ccc6-7)ccc2-5)c2ccccc12)C4(C)C)C(C)(C)c1cc(-c2ccc4c(c2)C(C)(C)c2cc(-c5ccc6c(c5)C(C)(C)c5cc(CCCCCC)ccc5-6)ccc2-4)c2ccccc2c1-3. The Bertz CT molecular complexity index is 6400. The van der Waals surface area contributed by atoms with Crippen LogP contribution in [0.25, 0.3) is 144 Å². The lowest BCUT2D eigenvalue weighted by atomic mass is 9.69. The minimum Gasteiger partial charge on any atom is -0.0654 e. The minimum atomic E-state index is -0.274. The number of hydrogen-bond acceptors (Lipinski definition) is 0. The molecule has 642 valence electrons. The van der Waals surface area contributed by atoms with Gasteiger partial charge in [0.1, 0.15) is 0 Å². The lowest BCUT2D eigenvalue weighted by Crippen LogP contribution is -2.26. The van der Waals surface area contributed by atoms with Gasteiger partial charge in [0, 0.05) is 37.9 Å². The predicted molar refractivity (Wildman–Crippen MR) is 546 cm³/mol. The lowest BCUT2D eigenvalue weighted by molar-refractivity contribution is 0.398. The van der Waals surface area contributed by atoms with Gasteiger partial charge in [-0.25, -0.2) is 0 Å². The molecule has 0 amide bonds. The number of unbranched alkanes of at least 4 members (excludes halogenated alkanes) is 16. The fourth-order valence-corrected chi connectivity index (χ4v) is 26.1. The van der Waals surface area contributed by atoms with E-state index in [9.17, 15) is 0 Å². The molecule has 0 heterocycles. The number of rotatable bonds is 28. The summed E-state index contributed by atoms with van der Waals surface area (Å²) in [6.45, 7) is 39.3. The van der Waals surface area contributed by atoms with Crippen LogP contribution >= 0.6 is 0 Å². The van der Waals surface area contributed by atoms with E-state index in [0.29, 0.717) is 0 Å². The van der Waals surface area contributed by atoms with Crippen molar-refractivity contribution in [2.45, 2.75) is 303 Å². The molecular formula is C127H134. The summed E-state index contributed by atoms with van der Waals surface area (Å²) in [5, 5.41) is 5.44. The van der Waals surface area contributed by atoms with Crippen LogP contribution in [0.3, 0.4) is 0 Å². The van der Waals surface area contributed by atoms with Gasteiger partial charge >= 0.3 is 0 Å². The summed E-state index contributed by atoms with van der Waals surface area (Å²) in [7, 11) is 0. The summed E-state index contributed by atoms with van der Waals surface area (Å²) in [6, 6.07) is 94.9. The van der Waals surface area contributed by atoms with Crippen molar-refractivity contribution in [1.29, 1.82) is 0 Å². The van der Waals surface area contributed by atoms with Gasteiger partial charge in [0.25, 0.3) is 0 Å². The van der Waals surface area contributed by atoms with Crippen molar-refractivity contribution in [2.24, 2.45) is 0 Å². The van der Waals surface area contributed by atoms with Gasteiger partial charge in [-0.1, -0.05) is 384 Å². The van der Waals surface area contributed by atoms with Gasteiger partial charge in [-0.2, -0.15) is 0 Å². The third-order valence-electron chi connectivity index (χ3n) is 33.6. The molecule has 0 spiro atoms. The average molecular weight is 1660 g/mol. The Morgan fingerprint density at radius 2 is 0.409 bits per heavy atom. The van der Waals surface area contributed by atoms with Gasteiger partial charge in [-0.05, 0) is 344 Å². The smallest absolute Gasteiger partial charge is 0.0215 e. The number of hydrogen-bond donors (Lipinski definition) is 0. The Morgan fingerprint density at radius 1 is 0.173 bits per heavy atom. The van der Waals surface area contributed by atoms with E-state index in [1.165, 1.54) is 363 Å². The molecule has 0 aromatic heterocycles. The molecule has 0 saturated heterocycles. The Balaban J connectivity index is 0.629. The van der Waals surface area contributed by atoms with E-state index in [-0.39, 0.29) is 37.9 Å². The summed E-state index contributed by atoms with van der Waals surface area (Å²) in [5.41, 5.74) is 52.7. The topological polar surface area (TPSA) is 0 Å². The molecule has 0 unspecified atom stereocenters. The van der Waals surface area contributed by atoms with Gasteiger partial charge in [-0.15, -0.1) is 0 Å². The molecular weight excluding hydrogens is 1530 g/mol. The monoisotopic (exact) mass is 1660 g/mol. The van der Waals surface area contributed by atoms with Crippen LogP contribution in [0.2, 0.25) is 0 Å². The highest BCUT2D eigenvalue weighted by molar-refractivity contribution is 6.12. The molecule has 0 N–H and O–H groups in total. The Kier molecular flexibility index (Phi) is 20.7. The van der Waals surface area contributed by atoms with Crippen molar-refractivity contribution in [3.05, 3.63) is 320 Å². The van der Waals surface area contributed by atoms with Crippen LogP contribution in [0.4, 0.5) is 0 Å². The highest BCUT2D eigenvalue weighted by Crippen LogP contribution is 2.66. The zero-order valence-electron chi connectivity index (χ0n) is 79.4. The predicted octanol–water partition coefficient (Wildman–Crippen LogP) is 36.5. The van der Waals surface area contributed by atoms with Crippen LogP contribution in [0.5, 0.6) is 0 Å². The average Bonchev–Trinajstić information content (AvgIpc) is 1.52. The molecule has 14 aromatic carbocycles. The Morgan fingerprint density at radius 3 is 0.732 bits per heavy atom. The van der Waals surface area contributed by atoms with Crippen LogP contribution in [0, 0.1) is 0 Å². The van der Waals surface area contributed by atoms with Gasteiger partial charge < -0.3 is 0 Å². The van der Waals surface area contributed by atoms with E-state index in [0.717, 1.165) is 12.8 Å². The molecule has 0 radical (unpaired) electrons. The molecule has 0 bridgehead atoms. The second-order valence-corrected chi connectivity index (χ2v) is 43.5. The van der Waals surface area contributed by atoms with Gasteiger partial charge in [0.05, 0.1) is 0 Å². The van der Waals surface area contributed by atoms with E-state index in [1.807, 2.05) is 0 Å². The quantitative estimate of drug-likeness (QED) is 0.0429. The molecule has 21 rings (SSSR count). The number of benzene rings is 14. The van der Waals surface area contributed by atoms with Crippen molar-refractivity contribution in [1.82, 2.24) is 0 Å². The number of fused-ring (bicyclic) bond motifs is 25. The third-order valence-corrected chi connectivity index (χ3v) is 33.6. The summed E-state index contributed by atoms with van der Waals surface area (Å²) >= 11 is 0. The molecule has 0 heteroatoms. The maximum absolute atomic E-state index is 2.83. The summed E-state index contributed by atoms with van der Waals surface area (Å²) in [6.07, 6.45) is 30.4. The Labute approximate surface area is 761 Å². The van der Waals surface area contributed by atoms with Crippen LogP contribution in [-0.2, 0) is 50.7 Å². The van der Waals surface area contributed by atoms with Crippen molar-refractivity contribution >= 4 is 21.5 Å². The first-order chi connectivity index (χ1) is 61.3. The van der Waals surface area contributed by atoms with E-state index >= 15 is 0 Å². The first-order valence-corrected chi connectivity index (χ1v) is 50.0. The van der Waals surface area contributed by atoms with E-state index in [2.05, 4.69) is 341 Å².